The molecule has 0 spiro atoms. The van der Waals surface area contributed by atoms with E-state index in [2.05, 4.69) is 81.5 Å². The minimum atomic E-state index is -2.29. The number of aliphatic hydroxyl groups is 1. The van der Waals surface area contributed by atoms with Gasteiger partial charge in [-0.25, -0.2) is 9.59 Å². The summed E-state index contributed by atoms with van der Waals surface area (Å²) in [6.07, 6.45) is -0.940. The first-order chi connectivity index (χ1) is 22.1. The van der Waals surface area contributed by atoms with E-state index in [1.54, 1.807) is 0 Å². The van der Waals surface area contributed by atoms with Crippen molar-refractivity contribution in [3.63, 3.8) is 0 Å². The summed E-state index contributed by atoms with van der Waals surface area (Å²) in [6, 6.07) is 5.15. The Morgan fingerprint density at radius 3 is 1.62 bits per heavy atom. The maximum Gasteiger partial charge on any atom is 0.407 e. The van der Waals surface area contributed by atoms with Crippen molar-refractivity contribution in [2.45, 2.75) is 209 Å². The van der Waals surface area contributed by atoms with Crippen LogP contribution in [0.1, 0.15) is 137 Å². The lowest BCUT2D eigenvalue weighted by Crippen LogP contribution is -2.55. The number of rotatable bonds is 22. The van der Waals surface area contributed by atoms with Gasteiger partial charge in [-0.3, -0.25) is 0 Å². The largest absolute Gasteiger partial charge is 0.456 e. The third-order valence-corrected chi connectivity index (χ3v) is 20.1. The van der Waals surface area contributed by atoms with Gasteiger partial charge in [0.15, 0.2) is 22.7 Å². The number of hydrogen-bond acceptors (Lipinski definition) is 7. The Bertz CT molecular complexity index is 983. The number of carbonyl (C=O) groups excluding carboxylic acids is 2. The van der Waals surface area contributed by atoms with E-state index in [1.807, 2.05) is 41.5 Å². The molecule has 0 heterocycles. The van der Waals surface area contributed by atoms with Crippen molar-refractivity contribution in [1.29, 1.82) is 0 Å². The van der Waals surface area contributed by atoms with E-state index in [0.29, 0.717) is 12.8 Å². The van der Waals surface area contributed by atoms with E-state index in [1.165, 1.54) is 0 Å². The van der Waals surface area contributed by atoms with E-state index in [4.69, 9.17) is 18.3 Å². The van der Waals surface area contributed by atoms with Crippen molar-refractivity contribution in [2.24, 2.45) is 11.3 Å². The van der Waals surface area contributed by atoms with Gasteiger partial charge in [-0.15, -0.1) is 0 Å². The molecule has 0 fully saturated rings. The van der Waals surface area contributed by atoms with Gasteiger partial charge in [-0.05, 0) is 109 Å². The summed E-state index contributed by atoms with van der Waals surface area (Å²) in [5.74, 6) is -0.296. The van der Waals surface area contributed by atoms with Crippen LogP contribution in [0.15, 0.2) is 11.1 Å². The van der Waals surface area contributed by atoms with E-state index >= 15 is 0 Å². The number of aliphatic hydroxyl groups excluding tert-OH is 1. The van der Waals surface area contributed by atoms with Crippen molar-refractivity contribution >= 4 is 28.7 Å². The number of hydrogen-bond donors (Lipinski definition) is 2. The van der Waals surface area contributed by atoms with Gasteiger partial charge in [0.2, 0.25) is 0 Å². The van der Waals surface area contributed by atoms with Crippen molar-refractivity contribution in [1.82, 2.24) is 5.32 Å². The molecule has 0 bridgehead atoms. The molecule has 0 aliphatic carbocycles. The lowest BCUT2D eigenvalue weighted by atomic mass is 9.77. The summed E-state index contributed by atoms with van der Waals surface area (Å²) in [4.78, 5) is 27.1. The smallest absolute Gasteiger partial charge is 0.407 e. The van der Waals surface area contributed by atoms with Gasteiger partial charge in [0, 0.05) is 5.41 Å². The van der Waals surface area contributed by atoms with Crippen molar-refractivity contribution < 1.29 is 33.0 Å². The van der Waals surface area contributed by atoms with Crippen LogP contribution in [-0.4, -0.2) is 69.9 Å². The zero-order chi connectivity index (χ0) is 37.7. The Kier molecular flexibility index (Phi) is 20.1. The van der Waals surface area contributed by atoms with Crippen LogP contribution in [0.5, 0.6) is 0 Å². The molecule has 0 radical (unpaired) electrons. The van der Waals surface area contributed by atoms with Crippen LogP contribution in [0.3, 0.4) is 0 Å². The minimum absolute atomic E-state index is 0.0456. The minimum Gasteiger partial charge on any atom is -0.456 e. The van der Waals surface area contributed by atoms with Gasteiger partial charge in [-0.1, -0.05) is 81.7 Å². The molecule has 0 aromatic carbocycles. The fraction of sp³-hybridized carbons (Fsp3) is 0.895. The molecule has 0 saturated heterocycles. The molecule has 1 amide bonds. The van der Waals surface area contributed by atoms with Crippen LogP contribution >= 0.6 is 0 Å². The molecule has 10 heteroatoms. The molecule has 2 N–H and O–H groups in total. The Morgan fingerprint density at radius 2 is 1.23 bits per heavy atom. The number of carbonyl (C=O) groups is 2. The number of nitrogens with one attached hydrogen (secondary N) is 1. The highest BCUT2D eigenvalue weighted by Gasteiger charge is 2.43. The quantitative estimate of drug-likeness (QED) is 0.0653. The van der Waals surface area contributed by atoms with Crippen LogP contribution in [0.25, 0.3) is 0 Å². The number of ether oxygens (including phenoxy) is 2. The molecule has 5 atom stereocenters. The summed E-state index contributed by atoms with van der Waals surface area (Å²) in [6.45, 7) is 34.8. The Hall–Kier alpha value is -1.21. The second-order valence-electron chi connectivity index (χ2n) is 16.0. The van der Waals surface area contributed by atoms with Gasteiger partial charge >= 0.3 is 12.1 Å². The summed E-state index contributed by atoms with van der Waals surface area (Å²) < 4.78 is 25.5. The van der Waals surface area contributed by atoms with E-state index in [-0.39, 0.29) is 12.0 Å². The summed E-state index contributed by atoms with van der Waals surface area (Å²) in [5, 5.41) is 14.6. The molecule has 48 heavy (non-hydrogen) atoms. The Labute approximate surface area is 298 Å². The third kappa shape index (κ3) is 14.2. The molecule has 1 unspecified atom stereocenters. The first kappa shape index (κ1) is 46.8. The van der Waals surface area contributed by atoms with Crippen molar-refractivity contribution in [2.75, 3.05) is 0 Å². The van der Waals surface area contributed by atoms with Gasteiger partial charge in [0.25, 0.3) is 0 Å². The molecule has 8 nitrogen and oxygen atoms in total. The third-order valence-electron chi connectivity index (χ3n) is 10.8. The van der Waals surface area contributed by atoms with Crippen LogP contribution in [-0.2, 0) is 23.1 Å². The second-order valence-corrected chi connectivity index (χ2v) is 25.5. The van der Waals surface area contributed by atoms with Gasteiger partial charge in [-0.2, -0.15) is 0 Å². The summed E-state index contributed by atoms with van der Waals surface area (Å²) >= 11 is 0. The molecule has 0 saturated carbocycles. The van der Waals surface area contributed by atoms with Crippen LogP contribution in [0, 0.1) is 11.3 Å². The SMILES string of the molecule is CC[C@H](O[Si](CC)(CC)CC)C(C)(C)[C@@H](O)C/C(C)=C(\C)[C@H](C)OC(=O)C(O[Si](CC)(CC)CC)[C@H](CC(C)C)NC(=O)OC(C)(C)C. The van der Waals surface area contributed by atoms with Crippen molar-refractivity contribution in [3.05, 3.63) is 11.1 Å². The predicted molar refractivity (Wildman–Crippen MR) is 205 cm³/mol. The second kappa shape index (κ2) is 20.6. The molecule has 0 aliphatic rings. The lowest BCUT2D eigenvalue weighted by Gasteiger charge is -2.43. The Morgan fingerprint density at radius 1 is 0.771 bits per heavy atom. The fourth-order valence-electron chi connectivity index (χ4n) is 6.46. The van der Waals surface area contributed by atoms with Gasteiger partial charge in [0.1, 0.15) is 11.7 Å². The zero-order valence-corrected chi connectivity index (χ0v) is 36.2. The topological polar surface area (TPSA) is 103 Å². The van der Waals surface area contributed by atoms with Gasteiger partial charge < -0.3 is 28.7 Å². The first-order valence-electron chi connectivity index (χ1n) is 19.0. The average molecular weight is 716 g/mol. The molecular formula is C38H77NO7Si2. The number of esters is 1. The zero-order valence-electron chi connectivity index (χ0n) is 34.2. The normalized spacial score (nSPS) is 16.9. The van der Waals surface area contributed by atoms with Crippen molar-refractivity contribution in [3.8, 4) is 0 Å². The predicted octanol–water partition coefficient (Wildman–Crippen LogP) is 10.2. The molecule has 0 aromatic heterocycles. The van der Waals surface area contributed by atoms with Crippen LogP contribution in [0.2, 0.25) is 36.3 Å². The molecule has 284 valence electrons. The number of alkyl carbamates (subject to hydrolysis) is 1. The first-order valence-corrected chi connectivity index (χ1v) is 24.0. The lowest BCUT2D eigenvalue weighted by molar-refractivity contribution is -0.157. The summed E-state index contributed by atoms with van der Waals surface area (Å²) in [5.41, 5.74) is 0.745. The van der Waals surface area contributed by atoms with Crippen LogP contribution in [0.4, 0.5) is 4.79 Å². The molecule has 0 aliphatic heterocycles. The molecule has 0 aromatic rings. The van der Waals surface area contributed by atoms with E-state index < -0.39 is 64.1 Å². The maximum absolute atomic E-state index is 14.1. The highest BCUT2D eigenvalue weighted by molar-refractivity contribution is 6.74. The molecule has 0 rings (SSSR count). The molecular weight excluding hydrogens is 639 g/mol. The summed E-state index contributed by atoms with van der Waals surface area (Å²) in [7, 11) is -4.14. The Balaban J connectivity index is 6.36. The maximum atomic E-state index is 14.1. The highest BCUT2D eigenvalue weighted by atomic mass is 28.4. The number of amides is 1. The fourth-order valence-corrected chi connectivity index (χ4v) is 12.3. The monoisotopic (exact) mass is 716 g/mol. The highest BCUT2D eigenvalue weighted by Crippen LogP contribution is 2.38. The average Bonchev–Trinajstić information content (AvgIpc) is 3.00. The van der Waals surface area contributed by atoms with Crippen LogP contribution < -0.4 is 5.32 Å². The standard InChI is InChI=1S/C38H77NO7Si2/c1-18-33(45-47(19-2,20-3)21-4)38(16,17)32(40)26-28(10)29(11)30(12)43-35(41)34(46-48(22-5,23-6)24-7)31(25-27(8)9)39-36(42)44-37(13,14)15/h27,30-34,40H,18-26H2,1-17H3,(H,39,42)/b29-28+/t30-,31-,32-,33-,34?/m0/s1. The van der Waals surface area contributed by atoms with Gasteiger partial charge in [0.05, 0.1) is 18.2 Å². The van der Waals surface area contributed by atoms with E-state index in [0.717, 1.165) is 53.8 Å². The van der Waals surface area contributed by atoms with E-state index in [9.17, 15) is 14.7 Å².